The molecule has 0 bridgehead atoms. The third kappa shape index (κ3) is 1.93. The number of nitrogens with one attached hydrogen (secondary N) is 1. The monoisotopic (exact) mass is 221 g/mol. The molecule has 1 aliphatic heterocycles. The van der Waals surface area contributed by atoms with Crippen LogP contribution in [0.1, 0.15) is 18.4 Å². The van der Waals surface area contributed by atoms with Crippen LogP contribution < -0.4 is 10.1 Å². The Balaban J connectivity index is 2.38. The third-order valence-electron chi connectivity index (χ3n) is 3.33. The van der Waals surface area contributed by atoms with Crippen molar-refractivity contribution >= 4 is 0 Å². The van der Waals surface area contributed by atoms with Gasteiger partial charge in [0.2, 0.25) is 0 Å². The Labute approximate surface area is 96.8 Å². The molecule has 0 saturated carbocycles. The SMILES string of the molecule is COc1ccccc1C1(OC)CCCNC1. The highest BCUT2D eigenvalue weighted by molar-refractivity contribution is 5.38. The predicted octanol–water partition coefficient (Wildman–Crippen LogP) is 1.92. The van der Waals surface area contributed by atoms with Crippen molar-refractivity contribution in [2.24, 2.45) is 0 Å². The van der Waals surface area contributed by atoms with Crippen LogP contribution in [0.4, 0.5) is 0 Å². The molecule has 1 fully saturated rings. The minimum Gasteiger partial charge on any atom is -0.496 e. The fourth-order valence-corrected chi connectivity index (χ4v) is 2.41. The van der Waals surface area contributed by atoms with Crippen molar-refractivity contribution in [3.63, 3.8) is 0 Å². The Morgan fingerprint density at radius 3 is 2.69 bits per heavy atom. The second kappa shape index (κ2) is 4.85. The normalized spacial score (nSPS) is 25.4. The summed E-state index contributed by atoms with van der Waals surface area (Å²) in [5.74, 6) is 0.910. The maximum atomic E-state index is 5.76. The molecular formula is C13H19NO2. The molecule has 1 aromatic rings. The van der Waals surface area contributed by atoms with Gasteiger partial charge in [-0.1, -0.05) is 18.2 Å². The predicted molar refractivity (Wildman–Crippen MR) is 63.8 cm³/mol. The molecule has 1 N–H and O–H groups in total. The summed E-state index contributed by atoms with van der Waals surface area (Å²) in [5.41, 5.74) is 0.914. The molecule has 2 rings (SSSR count). The van der Waals surface area contributed by atoms with Crippen LogP contribution in [0.15, 0.2) is 24.3 Å². The highest BCUT2D eigenvalue weighted by Crippen LogP contribution is 2.37. The quantitative estimate of drug-likeness (QED) is 0.846. The van der Waals surface area contributed by atoms with Gasteiger partial charge in [-0.05, 0) is 25.5 Å². The van der Waals surface area contributed by atoms with Crippen LogP contribution in [-0.4, -0.2) is 27.3 Å². The molecule has 3 nitrogen and oxygen atoms in total. The lowest BCUT2D eigenvalue weighted by atomic mass is 9.86. The number of hydrogen-bond donors (Lipinski definition) is 1. The maximum Gasteiger partial charge on any atom is 0.125 e. The smallest absolute Gasteiger partial charge is 0.125 e. The van der Waals surface area contributed by atoms with Gasteiger partial charge in [0, 0.05) is 19.2 Å². The Kier molecular flexibility index (Phi) is 3.46. The van der Waals surface area contributed by atoms with E-state index in [1.165, 1.54) is 0 Å². The van der Waals surface area contributed by atoms with Crippen molar-refractivity contribution in [2.75, 3.05) is 27.3 Å². The van der Waals surface area contributed by atoms with Gasteiger partial charge in [-0.2, -0.15) is 0 Å². The number of rotatable bonds is 3. The second-order valence-corrected chi connectivity index (χ2v) is 4.18. The zero-order valence-electron chi connectivity index (χ0n) is 9.95. The Hall–Kier alpha value is -1.06. The number of ether oxygens (including phenoxy) is 2. The number of piperidine rings is 1. The van der Waals surface area contributed by atoms with E-state index in [0.29, 0.717) is 0 Å². The van der Waals surface area contributed by atoms with E-state index >= 15 is 0 Å². The molecule has 1 aromatic carbocycles. The van der Waals surface area contributed by atoms with Gasteiger partial charge >= 0.3 is 0 Å². The summed E-state index contributed by atoms with van der Waals surface area (Å²) in [6.45, 7) is 1.92. The first-order chi connectivity index (χ1) is 7.82. The van der Waals surface area contributed by atoms with Crippen molar-refractivity contribution in [1.29, 1.82) is 0 Å². The summed E-state index contributed by atoms with van der Waals surface area (Å²) >= 11 is 0. The highest BCUT2D eigenvalue weighted by Gasteiger charge is 2.36. The van der Waals surface area contributed by atoms with Crippen LogP contribution in [0.2, 0.25) is 0 Å². The molecule has 1 atom stereocenters. The van der Waals surface area contributed by atoms with E-state index in [2.05, 4.69) is 11.4 Å². The lowest BCUT2D eigenvalue weighted by Crippen LogP contribution is -2.44. The topological polar surface area (TPSA) is 30.5 Å². The van der Waals surface area contributed by atoms with Crippen molar-refractivity contribution in [1.82, 2.24) is 5.32 Å². The summed E-state index contributed by atoms with van der Waals surface area (Å²) in [5, 5.41) is 3.40. The Morgan fingerprint density at radius 2 is 2.06 bits per heavy atom. The fraction of sp³-hybridized carbons (Fsp3) is 0.538. The summed E-state index contributed by atoms with van der Waals surface area (Å²) in [4.78, 5) is 0. The zero-order chi connectivity index (χ0) is 11.4. The maximum absolute atomic E-state index is 5.76. The number of hydrogen-bond acceptors (Lipinski definition) is 3. The molecule has 1 heterocycles. The summed E-state index contributed by atoms with van der Waals surface area (Å²) < 4.78 is 11.2. The van der Waals surface area contributed by atoms with Gasteiger partial charge in [-0.3, -0.25) is 0 Å². The van der Waals surface area contributed by atoms with Crippen molar-refractivity contribution < 1.29 is 9.47 Å². The minimum atomic E-state index is -0.231. The minimum absolute atomic E-state index is 0.231. The Morgan fingerprint density at radius 1 is 1.25 bits per heavy atom. The number of benzene rings is 1. The van der Waals surface area contributed by atoms with Gasteiger partial charge in [0.05, 0.1) is 7.11 Å². The lowest BCUT2D eigenvalue weighted by Gasteiger charge is -2.37. The molecule has 0 aromatic heterocycles. The van der Waals surface area contributed by atoms with Gasteiger partial charge in [0.15, 0.2) is 0 Å². The summed E-state index contributed by atoms with van der Waals surface area (Å²) in [7, 11) is 3.48. The molecule has 1 aliphatic rings. The first-order valence-corrected chi connectivity index (χ1v) is 5.72. The Bertz CT molecular complexity index is 346. The van der Waals surface area contributed by atoms with E-state index in [0.717, 1.165) is 37.2 Å². The van der Waals surface area contributed by atoms with E-state index in [4.69, 9.17) is 9.47 Å². The van der Waals surface area contributed by atoms with Crippen LogP contribution in [0, 0.1) is 0 Å². The van der Waals surface area contributed by atoms with Crippen molar-refractivity contribution in [3.8, 4) is 5.75 Å². The van der Waals surface area contributed by atoms with E-state index in [9.17, 15) is 0 Å². The van der Waals surface area contributed by atoms with Gasteiger partial charge in [-0.25, -0.2) is 0 Å². The zero-order valence-corrected chi connectivity index (χ0v) is 9.95. The number of methoxy groups -OCH3 is 2. The molecule has 0 radical (unpaired) electrons. The van der Waals surface area contributed by atoms with Crippen LogP contribution in [0.5, 0.6) is 5.75 Å². The largest absolute Gasteiger partial charge is 0.496 e. The highest BCUT2D eigenvalue weighted by atomic mass is 16.5. The van der Waals surface area contributed by atoms with Crippen LogP contribution in [-0.2, 0) is 10.3 Å². The van der Waals surface area contributed by atoms with Crippen LogP contribution in [0.25, 0.3) is 0 Å². The standard InChI is InChI=1S/C13H19NO2/c1-15-12-7-4-3-6-11(12)13(16-2)8-5-9-14-10-13/h3-4,6-7,14H,5,8-10H2,1-2H3. The molecule has 0 spiro atoms. The van der Waals surface area contributed by atoms with E-state index in [1.54, 1.807) is 14.2 Å². The summed E-state index contributed by atoms with van der Waals surface area (Å²) in [6.07, 6.45) is 2.17. The lowest BCUT2D eigenvalue weighted by molar-refractivity contribution is -0.0348. The molecule has 0 amide bonds. The number of para-hydroxylation sites is 1. The average Bonchev–Trinajstić information content (AvgIpc) is 2.39. The van der Waals surface area contributed by atoms with Gasteiger partial charge in [0.1, 0.15) is 11.4 Å². The van der Waals surface area contributed by atoms with E-state index in [1.807, 2.05) is 18.2 Å². The average molecular weight is 221 g/mol. The molecule has 16 heavy (non-hydrogen) atoms. The molecule has 88 valence electrons. The molecule has 3 heteroatoms. The van der Waals surface area contributed by atoms with Crippen LogP contribution in [0.3, 0.4) is 0 Å². The summed E-state index contributed by atoms with van der Waals surface area (Å²) in [6, 6.07) is 8.11. The van der Waals surface area contributed by atoms with Gasteiger partial charge in [-0.15, -0.1) is 0 Å². The van der Waals surface area contributed by atoms with Gasteiger partial charge in [0.25, 0.3) is 0 Å². The second-order valence-electron chi connectivity index (χ2n) is 4.18. The molecule has 1 unspecified atom stereocenters. The molecule has 1 saturated heterocycles. The first-order valence-electron chi connectivity index (χ1n) is 5.72. The van der Waals surface area contributed by atoms with E-state index < -0.39 is 0 Å². The first kappa shape index (κ1) is 11.4. The van der Waals surface area contributed by atoms with Crippen molar-refractivity contribution in [3.05, 3.63) is 29.8 Å². The third-order valence-corrected chi connectivity index (χ3v) is 3.33. The molecule has 0 aliphatic carbocycles. The fourth-order valence-electron chi connectivity index (χ4n) is 2.41. The molecular weight excluding hydrogens is 202 g/mol. The van der Waals surface area contributed by atoms with Crippen LogP contribution >= 0.6 is 0 Å². The van der Waals surface area contributed by atoms with Gasteiger partial charge < -0.3 is 14.8 Å². The van der Waals surface area contributed by atoms with E-state index in [-0.39, 0.29) is 5.60 Å². The van der Waals surface area contributed by atoms with Crippen molar-refractivity contribution in [2.45, 2.75) is 18.4 Å².